The van der Waals surface area contributed by atoms with E-state index in [9.17, 15) is 0 Å². The van der Waals surface area contributed by atoms with E-state index in [1.54, 1.807) is 0 Å². The molecule has 0 aliphatic carbocycles. The van der Waals surface area contributed by atoms with Crippen LogP contribution in [0.3, 0.4) is 0 Å². The Hall–Kier alpha value is -2.55. The molecule has 0 fully saturated rings. The maximum atomic E-state index is 5.71. The molecule has 1 atom stereocenters. The van der Waals surface area contributed by atoms with Crippen molar-refractivity contribution in [1.82, 2.24) is 4.98 Å². The zero-order chi connectivity index (χ0) is 14.1. The molecule has 0 amide bonds. The summed E-state index contributed by atoms with van der Waals surface area (Å²) in [7, 11) is 0. The van der Waals surface area contributed by atoms with E-state index < -0.39 is 0 Å². The second-order valence-electron chi connectivity index (χ2n) is 5.29. The Labute approximate surface area is 123 Å². The first-order valence-corrected chi connectivity index (χ1v) is 7.23. The van der Waals surface area contributed by atoms with Gasteiger partial charge in [0.05, 0.1) is 30.0 Å². The molecule has 0 radical (unpaired) electrons. The van der Waals surface area contributed by atoms with Crippen molar-refractivity contribution >= 4 is 16.6 Å². The van der Waals surface area contributed by atoms with Gasteiger partial charge in [0, 0.05) is 17.4 Å². The number of aromatic nitrogens is 1. The van der Waals surface area contributed by atoms with Crippen LogP contribution in [0.25, 0.3) is 10.9 Å². The van der Waals surface area contributed by atoms with Gasteiger partial charge in [0.1, 0.15) is 5.75 Å². The van der Waals surface area contributed by atoms with E-state index in [1.807, 2.05) is 36.5 Å². The zero-order valence-corrected chi connectivity index (χ0v) is 11.6. The van der Waals surface area contributed by atoms with Crippen molar-refractivity contribution in [3.05, 3.63) is 66.4 Å². The first kappa shape index (κ1) is 12.2. The monoisotopic (exact) mass is 276 g/mol. The molecular formula is C18H16N2O. The summed E-state index contributed by atoms with van der Waals surface area (Å²) in [6.45, 7) is 0.746. The number of benzene rings is 2. The van der Waals surface area contributed by atoms with Crippen LogP contribution in [0.5, 0.6) is 5.75 Å². The maximum absolute atomic E-state index is 5.71. The standard InChI is InChI=1S/C18H16N2O/c1-3-7-16-13(5-1)11-14(12-19-16)20-17-9-10-21-18-8-4-2-6-15(17)18/h1-8,11-12,17,20H,9-10H2. The molecule has 2 aromatic carbocycles. The Morgan fingerprint density at radius 2 is 1.90 bits per heavy atom. The average molecular weight is 276 g/mol. The number of nitrogens with zero attached hydrogens (tertiary/aromatic N) is 1. The van der Waals surface area contributed by atoms with Gasteiger partial charge < -0.3 is 10.1 Å². The lowest BCUT2D eigenvalue weighted by atomic mass is 10.0. The van der Waals surface area contributed by atoms with Gasteiger partial charge in [-0.25, -0.2) is 0 Å². The van der Waals surface area contributed by atoms with Crippen molar-refractivity contribution in [3.8, 4) is 5.75 Å². The van der Waals surface area contributed by atoms with Crippen molar-refractivity contribution < 1.29 is 4.74 Å². The van der Waals surface area contributed by atoms with Crippen LogP contribution in [-0.4, -0.2) is 11.6 Å². The summed E-state index contributed by atoms with van der Waals surface area (Å²) < 4.78 is 5.71. The van der Waals surface area contributed by atoms with Crippen LogP contribution in [0.15, 0.2) is 60.8 Å². The number of anilines is 1. The first-order chi connectivity index (χ1) is 10.4. The lowest BCUT2D eigenvalue weighted by molar-refractivity contribution is 0.274. The molecule has 1 aromatic heterocycles. The number of pyridine rings is 1. The number of rotatable bonds is 2. The van der Waals surface area contributed by atoms with Crippen LogP contribution in [0, 0.1) is 0 Å². The molecular weight excluding hydrogens is 260 g/mol. The molecule has 1 unspecified atom stereocenters. The zero-order valence-electron chi connectivity index (χ0n) is 11.6. The third kappa shape index (κ3) is 2.31. The molecule has 21 heavy (non-hydrogen) atoms. The van der Waals surface area contributed by atoms with Gasteiger partial charge in [-0.1, -0.05) is 36.4 Å². The smallest absolute Gasteiger partial charge is 0.124 e. The Bertz CT molecular complexity index is 785. The molecule has 0 saturated heterocycles. The van der Waals surface area contributed by atoms with E-state index in [-0.39, 0.29) is 6.04 Å². The summed E-state index contributed by atoms with van der Waals surface area (Å²) in [6.07, 6.45) is 2.87. The van der Waals surface area contributed by atoms with E-state index in [4.69, 9.17) is 4.74 Å². The molecule has 3 nitrogen and oxygen atoms in total. The lowest BCUT2D eigenvalue weighted by Gasteiger charge is -2.27. The van der Waals surface area contributed by atoms with Crippen LogP contribution >= 0.6 is 0 Å². The predicted molar refractivity (Wildman–Crippen MR) is 84.7 cm³/mol. The summed E-state index contributed by atoms with van der Waals surface area (Å²) in [4.78, 5) is 4.51. The normalized spacial score (nSPS) is 17.0. The van der Waals surface area contributed by atoms with Crippen LogP contribution in [0.4, 0.5) is 5.69 Å². The fourth-order valence-electron chi connectivity index (χ4n) is 2.84. The third-order valence-corrected chi connectivity index (χ3v) is 3.89. The largest absolute Gasteiger partial charge is 0.493 e. The highest BCUT2D eigenvalue weighted by atomic mass is 16.5. The number of hydrogen-bond acceptors (Lipinski definition) is 3. The van der Waals surface area contributed by atoms with Gasteiger partial charge in [0.2, 0.25) is 0 Å². The molecule has 104 valence electrons. The Morgan fingerprint density at radius 1 is 1.05 bits per heavy atom. The molecule has 3 aromatic rings. The van der Waals surface area contributed by atoms with E-state index >= 15 is 0 Å². The van der Waals surface area contributed by atoms with Crippen molar-refractivity contribution in [3.63, 3.8) is 0 Å². The fourth-order valence-corrected chi connectivity index (χ4v) is 2.84. The van der Waals surface area contributed by atoms with Crippen LogP contribution < -0.4 is 10.1 Å². The number of hydrogen-bond donors (Lipinski definition) is 1. The number of ether oxygens (including phenoxy) is 1. The molecule has 0 spiro atoms. The second-order valence-corrected chi connectivity index (χ2v) is 5.29. The topological polar surface area (TPSA) is 34.1 Å². The van der Waals surface area contributed by atoms with Gasteiger partial charge in [-0.2, -0.15) is 0 Å². The molecule has 2 heterocycles. The summed E-state index contributed by atoms with van der Waals surface area (Å²) in [5.41, 5.74) is 3.29. The van der Waals surface area contributed by atoms with Gasteiger partial charge >= 0.3 is 0 Å². The van der Waals surface area contributed by atoms with Crippen molar-refractivity contribution in [1.29, 1.82) is 0 Å². The SMILES string of the molecule is c1ccc2c(c1)OCCC2Nc1cnc2ccccc2c1. The minimum Gasteiger partial charge on any atom is -0.493 e. The lowest BCUT2D eigenvalue weighted by Crippen LogP contribution is -2.20. The molecule has 0 saturated carbocycles. The van der Waals surface area contributed by atoms with Gasteiger partial charge in [-0.15, -0.1) is 0 Å². The molecule has 1 aliphatic rings. The van der Waals surface area contributed by atoms with Gasteiger partial charge in [0.25, 0.3) is 0 Å². The number of fused-ring (bicyclic) bond motifs is 2. The van der Waals surface area contributed by atoms with Crippen LogP contribution in [-0.2, 0) is 0 Å². The Balaban J connectivity index is 1.66. The van der Waals surface area contributed by atoms with Crippen molar-refractivity contribution in [2.45, 2.75) is 12.5 Å². The molecule has 1 aliphatic heterocycles. The fraction of sp³-hybridized carbons (Fsp3) is 0.167. The highest BCUT2D eigenvalue weighted by Gasteiger charge is 2.20. The minimum absolute atomic E-state index is 0.276. The quantitative estimate of drug-likeness (QED) is 0.762. The average Bonchev–Trinajstić information content (AvgIpc) is 2.55. The Kier molecular flexibility index (Phi) is 2.96. The predicted octanol–water partition coefficient (Wildman–Crippen LogP) is 4.17. The van der Waals surface area contributed by atoms with Crippen molar-refractivity contribution in [2.24, 2.45) is 0 Å². The summed E-state index contributed by atoms with van der Waals surface area (Å²) in [5.74, 6) is 0.981. The minimum atomic E-state index is 0.276. The number of para-hydroxylation sites is 2. The van der Waals surface area contributed by atoms with Crippen LogP contribution in [0.1, 0.15) is 18.0 Å². The van der Waals surface area contributed by atoms with E-state index in [0.717, 1.165) is 35.4 Å². The summed E-state index contributed by atoms with van der Waals surface area (Å²) in [6, 6.07) is 18.8. The van der Waals surface area contributed by atoms with E-state index in [0.29, 0.717) is 0 Å². The van der Waals surface area contributed by atoms with Crippen molar-refractivity contribution in [2.75, 3.05) is 11.9 Å². The molecule has 0 bridgehead atoms. The van der Waals surface area contributed by atoms with Gasteiger partial charge in [0.15, 0.2) is 0 Å². The highest BCUT2D eigenvalue weighted by Crippen LogP contribution is 2.34. The Morgan fingerprint density at radius 3 is 2.90 bits per heavy atom. The van der Waals surface area contributed by atoms with Crippen LogP contribution in [0.2, 0.25) is 0 Å². The van der Waals surface area contributed by atoms with E-state index in [1.165, 1.54) is 5.56 Å². The summed E-state index contributed by atoms with van der Waals surface area (Å²) >= 11 is 0. The first-order valence-electron chi connectivity index (χ1n) is 7.23. The van der Waals surface area contributed by atoms with Gasteiger partial charge in [-0.3, -0.25) is 4.98 Å². The molecule has 4 rings (SSSR count). The highest BCUT2D eigenvalue weighted by molar-refractivity contribution is 5.81. The third-order valence-electron chi connectivity index (χ3n) is 3.89. The van der Waals surface area contributed by atoms with Gasteiger partial charge in [-0.05, 0) is 18.2 Å². The molecule has 1 N–H and O–H groups in total. The second kappa shape index (κ2) is 5.09. The van der Waals surface area contributed by atoms with E-state index in [2.05, 4.69) is 34.6 Å². The summed E-state index contributed by atoms with van der Waals surface area (Å²) in [5, 5.41) is 4.74. The molecule has 3 heteroatoms. The maximum Gasteiger partial charge on any atom is 0.124 e. The number of nitrogens with one attached hydrogen (secondary N) is 1.